The van der Waals surface area contributed by atoms with Crippen LogP contribution < -0.4 is 10.0 Å². The fourth-order valence-corrected chi connectivity index (χ4v) is 7.09. The lowest BCUT2D eigenvalue weighted by Crippen LogP contribution is -2.26. The zero-order chi connectivity index (χ0) is 30.7. The van der Waals surface area contributed by atoms with E-state index in [0.29, 0.717) is 12.0 Å². The fourth-order valence-electron chi connectivity index (χ4n) is 4.34. The molecule has 220 valence electrons. The van der Waals surface area contributed by atoms with Gasteiger partial charge in [0.15, 0.2) is 11.5 Å². The summed E-state index contributed by atoms with van der Waals surface area (Å²) in [5.74, 6) is -2.49. The van der Waals surface area contributed by atoms with Gasteiger partial charge in [-0.05, 0) is 59.4 Å². The molecule has 0 aliphatic rings. The molecule has 0 atom stereocenters. The summed E-state index contributed by atoms with van der Waals surface area (Å²) in [6.45, 7) is 5.85. The zero-order valence-corrected chi connectivity index (χ0v) is 25.0. The summed E-state index contributed by atoms with van der Waals surface area (Å²) in [7, 11) is -8.00. The van der Waals surface area contributed by atoms with Gasteiger partial charge in [-0.2, -0.15) is 0 Å². The van der Waals surface area contributed by atoms with Gasteiger partial charge >= 0.3 is 0 Å². The summed E-state index contributed by atoms with van der Waals surface area (Å²) < 4.78 is 55.0. The van der Waals surface area contributed by atoms with Crippen molar-refractivity contribution in [2.75, 3.05) is 11.9 Å². The van der Waals surface area contributed by atoms with Gasteiger partial charge in [-0.15, -0.1) is 0 Å². The first-order valence-corrected chi connectivity index (χ1v) is 16.0. The van der Waals surface area contributed by atoms with E-state index < -0.39 is 53.1 Å². The average molecular weight is 609 g/mol. The van der Waals surface area contributed by atoms with E-state index in [4.69, 9.17) is 0 Å². The predicted molar refractivity (Wildman–Crippen MR) is 160 cm³/mol. The maximum Gasteiger partial charge on any atom is 0.259 e. The zero-order valence-electron chi connectivity index (χ0n) is 23.3. The van der Waals surface area contributed by atoms with Crippen molar-refractivity contribution in [3.63, 3.8) is 0 Å². The normalized spacial score (nSPS) is 12.2. The van der Waals surface area contributed by atoms with Crippen molar-refractivity contribution < 1.29 is 31.8 Å². The van der Waals surface area contributed by atoms with Crippen molar-refractivity contribution >= 4 is 31.5 Å². The average Bonchev–Trinajstić information content (AvgIpc) is 2.94. The van der Waals surface area contributed by atoms with Crippen LogP contribution in [0.4, 0.5) is 5.69 Å². The Bertz CT molecular complexity index is 1810. The van der Waals surface area contributed by atoms with Crippen LogP contribution in [0.1, 0.15) is 42.3 Å². The smallest absolute Gasteiger partial charge is 0.259 e. The van der Waals surface area contributed by atoms with Gasteiger partial charge < -0.3 is 15.5 Å². The third-order valence-electron chi connectivity index (χ3n) is 6.57. The highest BCUT2D eigenvalue weighted by Crippen LogP contribution is 2.34. The molecule has 0 unspecified atom stereocenters. The lowest BCUT2D eigenvalue weighted by molar-refractivity contribution is 0.102. The molecule has 0 aliphatic heterocycles. The number of hydrogen-bond acceptors (Lipinski definition) is 7. The van der Waals surface area contributed by atoms with Crippen LogP contribution in [0.25, 0.3) is 0 Å². The van der Waals surface area contributed by atoms with Gasteiger partial charge in [-0.25, -0.2) is 21.6 Å². The Hall–Kier alpha value is -4.19. The molecular weight excluding hydrogens is 576 g/mol. The van der Waals surface area contributed by atoms with Crippen molar-refractivity contribution in [3.8, 4) is 11.5 Å². The molecule has 4 aromatic rings. The number of phenolic OH excluding ortho intramolecular Hbond substituents is 2. The highest BCUT2D eigenvalue weighted by Gasteiger charge is 2.27. The van der Waals surface area contributed by atoms with Gasteiger partial charge in [0.2, 0.25) is 19.9 Å². The number of hydrogen-bond donors (Lipinski definition) is 4. The lowest BCUT2D eigenvalue weighted by Gasteiger charge is -2.22. The molecular formula is C31H32N2O7S2. The highest BCUT2D eigenvalue weighted by molar-refractivity contribution is 7.91. The van der Waals surface area contributed by atoms with Crippen LogP contribution in [0.15, 0.2) is 106 Å². The van der Waals surface area contributed by atoms with Crippen LogP contribution in [-0.2, 0) is 31.7 Å². The number of carbonyl (C=O) groups is 1. The Morgan fingerprint density at radius 1 is 0.786 bits per heavy atom. The molecule has 0 aliphatic carbocycles. The van der Waals surface area contributed by atoms with E-state index in [1.165, 1.54) is 24.3 Å². The van der Waals surface area contributed by atoms with Crippen LogP contribution in [0.3, 0.4) is 0 Å². The van der Waals surface area contributed by atoms with E-state index in [-0.39, 0.29) is 22.0 Å². The topological polar surface area (TPSA) is 150 Å². The number of sulfonamides is 1. The summed E-state index contributed by atoms with van der Waals surface area (Å²) in [5, 5.41) is 23.0. The Morgan fingerprint density at radius 2 is 1.40 bits per heavy atom. The van der Waals surface area contributed by atoms with Crippen molar-refractivity contribution in [2.24, 2.45) is 0 Å². The molecule has 1 amide bonds. The molecule has 4 aromatic carbocycles. The Kier molecular flexibility index (Phi) is 8.76. The van der Waals surface area contributed by atoms with Crippen molar-refractivity contribution in [1.29, 1.82) is 0 Å². The summed E-state index contributed by atoms with van der Waals surface area (Å²) >= 11 is 0. The third-order valence-corrected chi connectivity index (χ3v) is 9.84. The quantitative estimate of drug-likeness (QED) is 0.195. The van der Waals surface area contributed by atoms with E-state index in [2.05, 4.69) is 10.0 Å². The minimum absolute atomic E-state index is 0.0207. The van der Waals surface area contributed by atoms with Gasteiger partial charge in [0, 0.05) is 18.3 Å². The fraction of sp³-hybridized carbons (Fsp3) is 0.194. The predicted octanol–water partition coefficient (Wildman–Crippen LogP) is 5.00. The van der Waals surface area contributed by atoms with Crippen LogP contribution in [0.2, 0.25) is 0 Å². The minimum Gasteiger partial charge on any atom is -0.504 e. The molecule has 0 spiro atoms. The minimum atomic E-state index is -4.13. The number of carbonyl (C=O) groups excluding carboxylic acids is 1. The molecule has 4 rings (SSSR count). The van der Waals surface area contributed by atoms with E-state index in [1.807, 2.05) is 51.1 Å². The molecule has 11 heteroatoms. The summed E-state index contributed by atoms with van der Waals surface area (Å²) in [6, 6.07) is 23.3. The van der Waals surface area contributed by atoms with E-state index >= 15 is 0 Å². The molecule has 0 fully saturated rings. The van der Waals surface area contributed by atoms with Crippen molar-refractivity contribution in [2.45, 2.75) is 47.3 Å². The molecule has 0 saturated carbocycles. The number of anilines is 1. The van der Waals surface area contributed by atoms with Gasteiger partial charge in [0.05, 0.1) is 20.2 Å². The standard InChI is InChI=1S/C31H32N2O7S2/c1-31(2,3)26-11-7-8-12-28(26)41(37,38)23-15-13-22(14-16-23)33-30(36)25-19-24(20-27(34)29(25)35)42(39,40)32-18-17-21-9-5-4-6-10-21/h4-16,19-20,32,34-35H,17-18H2,1-3H3,(H,33,36). The van der Waals surface area contributed by atoms with Gasteiger partial charge in [-0.1, -0.05) is 69.3 Å². The second kappa shape index (κ2) is 12.0. The van der Waals surface area contributed by atoms with E-state index in [9.17, 15) is 31.8 Å². The second-order valence-corrected chi connectivity index (χ2v) is 14.4. The first-order chi connectivity index (χ1) is 19.7. The SMILES string of the molecule is CC(C)(C)c1ccccc1S(=O)(=O)c1ccc(NC(=O)c2cc(S(=O)(=O)NCCc3ccccc3)cc(O)c2O)cc1. The first-order valence-electron chi connectivity index (χ1n) is 13.1. The van der Waals surface area contributed by atoms with Gasteiger partial charge in [-0.3, -0.25) is 4.79 Å². The lowest BCUT2D eigenvalue weighted by atomic mass is 9.87. The number of amides is 1. The highest BCUT2D eigenvalue weighted by atomic mass is 32.2. The maximum atomic E-state index is 13.4. The molecule has 0 heterocycles. The maximum absolute atomic E-state index is 13.4. The summed E-state index contributed by atoms with van der Waals surface area (Å²) in [6.07, 6.45) is 0.422. The third kappa shape index (κ3) is 6.81. The van der Waals surface area contributed by atoms with Gasteiger partial charge in [0.25, 0.3) is 5.91 Å². The number of rotatable bonds is 9. The Morgan fingerprint density at radius 3 is 2.05 bits per heavy atom. The van der Waals surface area contributed by atoms with Crippen LogP contribution in [0, 0.1) is 0 Å². The molecule has 0 aromatic heterocycles. The number of sulfone groups is 1. The van der Waals surface area contributed by atoms with Crippen molar-refractivity contribution in [3.05, 3.63) is 108 Å². The molecule has 9 nitrogen and oxygen atoms in total. The van der Waals surface area contributed by atoms with E-state index in [1.54, 1.807) is 24.3 Å². The van der Waals surface area contributed by atoms with Crippen LogP contribution >= 0.6 is 0 Å². The number of benzene rings is 4. The molecule has 0 saturated heterocycles. The van der Waals surface area contributed by atoms with Gasteiger partial charge in [0.1, 0.15) is 0 Å². The monoisotopic (exact) mass is 608 g/mol. The molecule has 42 heavy (non-hydrogen) atoms. The molecule has 4 N–H and O–H groups in total. The van der Waals surface area contributed by atoms with Crippen LogP contribution in [-0.4, -0.2) is 39.5 Å². The number of phenols is 2. The Labute approximate surface area is 245 Å². The van der Waals surface area contributed by atoms with Crippen LogP contribution in [0.5, 0.6) is 11.5 Å². The summed E-state index contributed by atoms with van der Waals surface area (Å²) in [4.78, 5) is 12.8. The van der Waals surface area contributed by atoms with E-state index in [0.717, 1.165) is 17.7 Å². The summed E-state index contributed by atoms with van der Waals surface area (Å²) in [5.41, 5.74) is 0.892. The number of nitrogens with one attached hydrogen (secondary N) is 2. The number of aromatic hydroxyl groups is 2. The van der Waals surface area contributed by atoms with Crippen molar-refractivity contribution in [1.82, 2.24) is 4.72 Å². The molecule has 0 radical (unpaired) electrons. The largest absolute Gasteiger partial charge is 0.504 e. The Balaban J connectivity index is 1.53. The first kappa shape index (κ1) is 30.8. The molecule has 0 bridgehead atoms. The second-order valence-electron chi connectivity index (χ2n) is 10.7.